The Kier molecular flexibility index (Phi) is 2.56. The van der Waals surface area contributed by atoms with Crippen LogP contribution >= 0.6 is 0 Å². The van der Waals surface area contributed by atoms with Gasteiger partial charge in [-0.15, -0.1) is 0 Å². The summed E-state index contributed by atoms with van der Waals surface area (Å²) >= 11 is 0. The van der Waals surface area contributed by atoms with E-state index in [9.17, 15) is 4.79 Å². The normalized spacial score (nSPS) is 10.8. The van der Waals surface area contributed by atoms with E-state index in [0.29, 0.717) is 12.0 Å². The predicted molar refractivity (Wildman–Crippen MR) is 60.0 cm³/mol. The van der Waals surface area contributed by atoms with Crippen molar-refractivity contribution in [3.05, 3.63) is 46.2 Å². The highest BCUT2D eigenvalue weighted by molar-refractivity contribution is 5.79. The van der Waals surface area contributed by atoms with Crippen LogP contribution in [0.4, 0.5) is 0 Å². The molecule has 0 aliphatic heterocycles. The minimum absolute atomic E-state index is 0.00752. The van der Waals surface area contributed by atoms with Gasteiger partial charge in [0.05, 0.1) is 5.52 Å². The number of pyridine rings is 1. The van der Waals surface area contributed by atoms with Crippen molar-refractivity contribution in [3.8, 4) is 0 Å². The number of fused-ring (bicyclic) bond motifs is 1. The summed E-state index contributed by atoms with van der Waals surface area (Å²) in [5.74, 6) is 0. The quantitative estimate of drug-likeness (QED) is 0.793. The number of aromatic nitrogens is 1. The Morgan fingerprint density at radius 2 is 2.07 bits per heavy atom. The van der Waals surface area contributed by atoms with Crippen molar-refractivity contribution in [2.75, 3.05) is 6.61 Å². The highest BCUT2D eigenvalue weighted by Crippen LogP contribution is 2.12. The first-order valence-corrected chi connectivity index (χ1v) is 4.92. The summed E-state index contributed by atoms with van der Waals surface area (Å²) in [6, 6.07) is 9.59. The van der Waals surface area contributed by atoms with Gasteiger partial charge < -0.3 is 9.67 Å². The molecule has 0 radical (unpaired) electrons. The zero-order valence-electron chi connectivity index (χ0n) is 8.60. The maximum Gasteiger partial charge on any atom is 0.254 e. The number of hydrogen-bond acceptors (Lipinski definition) is 2. The average molecular weight is 203 g/mol. The van der Waals surface area contributed by atoms with Crippen molar-refractivity contribution in [1.82, 2.24) is 4.57 Å². The number of benzene rings is 1. The summed E-state index contributed by atoms with van der Waals surface area (Å²) in [6.45, 7) is 0.00752. The van der Waals surface area contributed by atoms with Crippen LogP contribution in [-0.2, 0) is 13.5 Å². The molecule has 2 aromatic rings. The number of aliphatic hydroxyl groups is 1. The van der Waals surface area contributed by atoms with Crippen molar-refractivity contribution in [2.45, 2.75) is 6.42 Å². The minimum Gasteiger partial charge on any atom is -0.396 e. The van der Waals surface area contributed by atoms with Gasteiger partial charge in [-0.2, -0.15) is 0 Å². The fourth-order valence-corrected chi connectivity index (χ4v) is 1.79. The maximum absolute atomic E-state index is 11.8. The molecule has 0 aliphatic rings. The van der Waals surface area contributed by atoms with Crippen LogP contribution in [0.1, 0.15) is 5.56 Å². The molecule has 15 heavy (non-hydrogen) atoms. The van der Waals surface area contributed by atoms with E-state index in [-0.39, 0.29) is 12.2 Å². The smallest absolute Gasteiger partial charge is 0.254 e. The lowest BCUT2D eigenvalue weighted by Gasteiger charge is -2.07. The molecule has 0 bridgehead atoms. The highest BCUT2D eigenvalue weighted by Gasteiger charge is 2.04. The Hall–Kier alpha value is -1.61. The second-order valence-electron chi connectivity index (χ2n) is 3.57. The Balaban J connectivity index is 2.77. The van der Waals surface area contributed by atoms with Gasteiger partial charge in [0.15, 0.2) is 0 Å². The second-order valence-corrected chi connectivity index (χ2v) is 3.57. The molecule has 0 unspecified atom stereocenters. The fourth-order valence-electron chi connectivity index (χ4n) is 1.79. The molecule has 1 N–H and O–H groups in total. The van der Waals surface area contributed by atoms with Crippen molar-refractivity contribution < 1.29 is 5.11 Å². The molecule has 0 saturated carbocycles. The molecule has 1 heterocycles. The van der Waals surface area contributed by atoms with Gasteiger partial charge in [0, 0.05) is 25.6 Å². The molecule has 1 aromatic heterocycles. The van der Waals surface area contributed by atoms with E-state index in [1.807, 2.05) is 30.3 Å². The molecule has 78 valence electrons. The molecule has 0 fully saturated rings. The van der Waals surface area contributed by atoms with Crippen LogP contribution in [0.15, 0.2) is 35.1 Å². The van der Waals surface area contributed by atoms with Crippen LogP contribution in [0.25, 0.3) is 10.9 Å². The van der Waals surface area contributed by atoms with E-state index in [0.717, 1.165) is 10.9 Å². The van der Waals surface area contributed by atoms with Crippen molar-refractivity contribution in [3.63, 3.8) is 0 Å². The van der Waals surface area contributed by atoms with Crippen LogP contribution in [0.3, 0.4) is 0 Å². The van der Waals surface area contributed by atoms with E-state index < -0.39 is 0 Å². The summed E-state index contributed by atoms with van der Waals surface area (Å²) < 4.78 is 1.63. The summed E-state index contributed by atoms with van der Waals surface area (Å²) in [5.41, 5.74) is 1.56. The predicted octanol–water partition coefficient (Wildman–Crippen LogP) is 1.07. The van der Waals surface area contributed by atoms with E-state index >= 15 is 0 Å². The summed E-state index contributed by atoms with van der Waals surface area (Å²) in [4.78, 5) is 11.8. The van der Waals surface area contributed by atoms with E-state index in [2.05, 4.69) is 0 Å². The van der Waals surface area contributed by atoms with Crippen LogP contribution in [-0.4, -0.2) is 16.3 Å². The van der Waals surface area contributed by atoms with Crippen LogP contribution in [0, 0.1) is 0 Å². The first-order valence-electron chi connectivity index (χ1n) is 4.92. The third-order valence-electron chi connectivity index (χ3n) is 2.59. The molecule has 2 rings (SSSR count). The number of rotatable bonds is 2. The number of hydrogen-bond donors (Lipinski definition) is 1. The first-order chi connectivity index (χ1) is 7.24. The molecule has 1 aromatic carbocycles. The average Bonchev–Trinajstić information content (AvgIpc) is 2.26. The molecule has 3 heteroatoms. The van der Waals surface area contributed by atoms with Crippen LogP contribution < -0.4 is 5.56 Å². The van der Waals surface area contributed by atoms with Gasteiger partial charge in [0.25, 0.3) is 5.56 Å². The Labute approximate surface area is 87.6 Å². The first kappa shape index (κ1) is 9.93. The topological polar surface area (TPSA) is 42.2 Å². The van der Waals surface area contributed by atoms with Crippen molar-refractivity contribution in [1.29, 1.82) is 0 Å². The van der Waals surface area contributed by atoms with Gasteiger partial charge in [-0.3, -0.25) is 4.79 Å². The second kappa shape index (κ2) is 3.87. The van der Waals surface area contributed by atoms with E-state index in [1.54, 1.807) is 11.6 Å². The highest BCUT2D eigenvalue weighted by atomic mass is 16.3. The molecule has 0 saturated heterocycles. The number of aliphatic hydroxyl groups excluding tert-OH is 1. The molecular formula is C12H13NO2. The van der Waals surface area contributed by atoms with Crippen LogP contribution in [0.2, 0.25) is 0 Å². The molecule has 0 aliphatic carbocycles. The van der Waals surface area contributed by atoms with E-state index in [4.69, 9.17) is 5.11 Å². The van der Waals surface area contributed by atoms with Gasteiger partial charge in [-0.25, -0.2) is 0 Å². The molecule has 0 spiro atoms. The zero-order chi connectivity index (χ0) is 10.8. The van der Waals surface area contributed by atoms with Crippen LogP contribution in [0.5, 0.6) is 0 Å². The standard InChI is InChI=1S/C12H13NO2/c1-13-11-5-3-2-4-9(11)8-10(6-7-14)12(13)15/h2-5,8,14H,6-7H2,1H3. The Bertz CT molecular complexity index is 543. The van der Waals surface area contributed by atoms with E-state index in [1.165, 1.54) is 0 Å². The summed E-state index contributed by atoms with van der Waals surface area (Å²) in [5, 5.41) is 9.89. The third-order valence-corrected chi connectivity index (χ3v) is 2.59. The molecule has 0 amide bonds. The van der Waals surface area contributed by atoms with Gasteiger partial charge in [-0.1, -0.05) is 18.2 Å². The summed E-state index contributed by atoms with van der Waals surface area (Å²) in [7, 11) is 1.76. The number of para-hydroxylation sites is 1. The summed E-state index contributed by atoms with van der Waals surface area (Å²) in [6.07, 6.45) is 0.414. The largest absolute Gasteiger partial charge is 0.396 e. The lowest BCUT2D eigenvalue weighted by molar-refractivity contribution is 0.299. The van der Waals surface area contributed by atoms with Crippen molar-refractivity contribution in [2.24, 2.45) is 7.05 Å². The maximum atomic E-state index is 11.8. The minimum atomic E-state index is -0.0252. The Morgan fingerprint density at radius 1 is 1.33 bits per heavy atom. The lowest BCUT2D eigenvalue weighted by Crippen LogP contribution is -2.21. The number of aryl methyl sites for hydroxylation is 1. The van der Waals surface area contributed by atoms with Crippen molar-refractivity contribution >= 4 is 10.9 Å². The zero-order valence-corrected chi connectivity index (χ0v) is 8.60. The SMILES string of the molecule is Cn1c(=O)c(CCO)cc2ccccc21. The third kappa shape index (κ3) is 1.66. The molecule has 0 atom stereocenters. The molecule has 3 nitrogen and oxygen atoms in total. The van der Waals surface area contributed by atoms with Gasteiger partial charge in [-0.05, 0) is 17.5 Å². The monoisotopic (exact) mass is 203 g/mol. The number of nitrogens with zero attached hydrogens (tertiary/aromatic N) is 1. The Morgan fingerprint density at radius 3 is 2.80 bits per heavy atom. The fraction of sp³-hybridized carbons (Fsp3) is 0.250. The molecular weight excluding hydrogens is 190 g/mol. The van der Waals surface area contributed by atoms with Gasteiger partial charge >= 0.3 is 0 Å². The lowest BCUT2D eigenvalue weighted by atomic mass is 10.1. The van der Waals surface area contributed by atoms with Gasteiger partial charge in [0.2, 0.25) is 0 Å². The van der Waals surface area contributed by atoms with Gasteiger partial charge in [0.1, 0.15) is 0 Å².